The van der Waals surface area contributed by atoms with Crippen molar-refractivity contribution < 1.29 is 0 Å². The molecule has 1 atom stereocenters. The Kier molecular flexibility index (Phi) is 8.96. The lowest BCUT2D eigenvalue weighted by molar-refractivity contribution is 0.261. The van der Waals surface area contributed by atoms with Gasteiger partial charge in [0.25, 0.3) is 0 Å². The molecule has 2 heteroatoms. The highest BCUT2D eigenvalue weighted by Crippen LogP contribution is 2.14. The topological polar surface area (TPSA) is 6.48 Å². The van der Waals surface area contributed by atoms with Crippen molar-refractivity contribution in [2.45, 2.75) is 40.0 Å². The van der Waals surface area contributed by atoms with Crippen LogP contribution < -0.4 is 0 Å². The van der Waals surface area contributed by atoms with Crippen molar-refractivity contribution in [2.24, 2.45) is 11.8 Å². The van der Waals surface area contributed by atoms with Gasteiger partial charge in [0.2, 0.25) is 0 Å². The molecule has 1 unspecified atom stereocenters. The molecule has 0 bridgehead atoms. The first-order valence-corrected chi connectivity index (χ1v) is 6.75. The number of hydrogen-bond donors (Lipinski definition) is 0. The lowest BCUT2D eigenvalue weighted by Crippen LogP contribution is -2.30. The van der Waals surface area contributed by atoms with E-state index in [1.54, 1.807) is 0 Å². The fraction of sp³-hybridized carbons (Fsp3) is 1.00. The highest BCUT2D eigenvalue weighted by molar-refractivity contribution is 4.60. The molecule has 0 radical (unpaired) electrons. The zero-order valence-electron chi connectivity index (χ0n) is 12.3. The Labute approximate surface area is 103 Å². The first-order chi connectivity index (χ1) is 7.41. The fourth-order valence-electron chi connectivity index (χ4n) is 1.69. The fourth-order valence-corrected chi connectivity index (χ4v) is 1.69. The van der Waals surface area contributed by atoms with Crippen molar-refractivity contribution in [1.82, 2.24) is 9.80 Å². The molecule has 0 aromatic rings. The number of hydrogen-bond acceptors (Lipinski definition) is 2. The second-order valence-corrected chi connectivity index (χ2v) is 5.97. The summed E-state index contributed by atoms with van der Waals surface area (Å²) in [5, 5.41) is 0. The summed E-state index contributed by atoms with van der Waals surface area (Å²) >= 11 is 0. The molecule has 0 heterocycles. The van der Waals surface area contributed by atoms with Gasteiger partial charge in [0.05, 0.1) is 0 Å². The van der Waals surface area contributed by atoms with Gasteiger partial charge in [0.1, 0.15) is 0 Å². The van der Waals surface area contributed by atoms with E-state index >= 15 is 0 Å². The monoisotopic (exact) mass is 228 g/mol. The molecule has 0 amide bonds. The van der Waals surface area contributed by atoms with Crippen LogP contribution in [-0.4, -0.2) is 50.6 Å². The van der Waals surface area contributed by atoms with Gasteiger partial charge < -0.3 is 9.80 Å². The molecule has 0 N–H and O–H groups in total. The van der Waals surface area contributed by atoms with Crippen molar-refractivity contribution >= 4 is 0 Å². The minimum absolute atomic E-state index is 0.855. The summed E-state index contributed by atoms with van der Waals surface area (Å²) in [6.07, 6.45) is 4.11. The first-order valence-electron chi connectivity index (χ1n) is 6.75. The van der Waals surface area contributed by atoms with Gasteiger partial charge in [-0.15, -0.1) is 0 Å². The van der Waals surface area contributed by atoms with E-state index in [9.17, 15) is 0 Å². The number of rotatable bonds is 9. The number of nitrogens with zero attached hydrogens (tertiary/aromatic N) is 2. The maximum Gasteiger partial charge on any atom is 0.0106 e. The number of likely N-dealkylation sites (N-methyl/N-ethyl adjacent to an activating group) is 2. The summed E-state index contributed by atoms with van der Waals surface area (Å²) in [7, 11) is 6.51. The van der Waals surface area contributed by atoms with Crippen molar-refractivity contribution in [2.75, 3.05) is 40.8 Å². The zero-order chi connectivity index (χ0) is 12.6. The molecular formula is C14H32N2. The maximum atomic E-state index is 2.45. The maximum absolute atomic E-state index is 2.45. The van der Waals surface area contributed by atoms with E-state index in [1.807, 2.05) is 0 Å². The molecule has 0 aliphatic heterocycles. The predicted octanol–water partition coefficient (Wildman–Crippen LogP) is 2.94. The van der Waals surface area contributed by atoms with E-state index in [0.717, 1.165) is 18.4 Å². The third-order valence-corrected chi connectivity index (χ3v) is 3.17. The standard InChI is InChI=1S/C14H32N2/c1-13(2)7-8-14(3)9-10-16(6)12-11-15(4)5/h13-14H,7-12H2,1-6H3. The molecule has 16 heavy (non-hydrogen) atoms. The predicted molar refractivity (Wildman–Crippen MR) is 73.9 cm³/mol. The molecule has 2 nitrogen and oxygen atoms in total. The summed E-state index contributed by atoms with van der Waals surface area (Å²) in [5.74, 6) is 1.73. The average Bonchev–Trinajstić information content (AvgIpc) is 2.20. The second kappa shape index (κ2) is 9.00. The Morgan fingerprint density at radius 3 is 1.88 bits per heavy atom. The normalized spacial score (nSPS) is 14.1. The summed E-state index contributed by atoms with van der Waals surface area (Å²) < 4.78 is 0. The SMILES string of the molecule is CC(C)CCC(C)CCN(C)CCN(C)C. The van der Waals surface area contributed by atoms with Crippen molar-refractivity contribution in [3.8, 4) is 0 Å². The minimum Gasteiger partial charge on any atom is -0.308 e. The summed E-state index contributed by atoms with van der Waals surface area (Å²) in [5.41, 5.74) is 0. The van der Waals surface area contributed by atoms with E-state index < -0.39 is 0 Å². The van der Waals surface area contributed by atoms with Gasteiger partial charge in [-0.3, -0.25) is 0 Å². The lowest BCUT2D eigenvalue weighted by Gasteiger charge is -2.21. The summed E-state index contributed by atoms with van der Waals surface area (Å²) in [4.78, 5) is 4.70. The van der Waals surface area contributed by atoms with E-state index in [1.165, 1.54) is 32.4 Å². The van der Waals surface area contributed by atoms with Gasteiger partial charge in [-0.1, -0.05) is 33.6 Å². The molecular weight excluding hydrogens is 196 g/mol. The van der Waals surface area contributed by atoms with Crippen LogP contribution in [0.2, 0.25) is 0 Å². The van der Waals surface area contributed by atoms with Crippen LogP contribution in [0.25, 0.3) is 0 Å². The van der Waals surface area contributed by atoms with Crippen molar-refractivity contribution in [3.05, 3.63) is 0 Å². The Bertz CT molecular complexity index is 137. The van der Waals surface area contributed by atoms with E-state index in [4.69, 9.17) is 0 Å². The van der Waals surface area contributed by atoms with E-state index in [0.29, 0.717) is 0 Å². The van der Waals surface area contributed by atoms with Gasteiger partial charge in [0.15, 0.2) is 0 Å². The van der Waals surface area contributed by atoms with Gasteiger partial charge in [-0.05, 0) is 45.9 Å². The van der Waals surface area contributed by atoms with Crippen molar-refractivity contribution in [1.29, 1.82) is 0 Å². The van der Waals surface area contributed by atoms with Gasteiger partial charge in [-0.25, -0.2) is 0 Å². The molecule has 0 saturated heterocycles. The third-order valence-electron chi connectivity index (χ3n) is 3.17. The van der Waals surface area contributed by atoms with Crippen LogP contribution in [0, 0.1) is 11.8 Å². The van der Waals surface area contributed by atoms with Crippen LogP contribution in [0.4, 0.5) is 0 Å². The summed E-state index contributed by atoms with van der Waals surface area (Å²) in [6, 6.07) is 0. The molecule has 0 saturated carbocycles. The molecule has 98 valence electrons. The molecule has 0 aromatic heterocycles. The van der Waals surface area contributed by atoms with Crippen LogP contribution in [-0.2, 0) is 0 Å². The highest BCUT2D eigenvalue weighted by atomic mass is 15.1. The Hall–Kier alpha value is -0.0800. The molecule has 0 rings (SSSR count). The second-order valence-electron chi connectivity index (χ2n) is 5.97. The molecule has 0 aromatic carbocycles. The van der Waals surface area contributed by atoms with Crippen LogP contribution in [0.15, 0.2) is 0 Å². The molecule has 0 aliphatic carbocycles. The Morgan fingerprint density at radius 1 is 0.750 bits per heavy atom. The Balaban J connectivity index is 3.47. The van der Waals surface area contributed by atoms with Crippen LogP contribution in [0.5, 0.6) is 0 Å². The molecule has 0 aliphatic rings. The Morgan fingerprint density at radius 2 is 1.38 bits per heavy atom. The minimum atomic E-state index is 0.855. The van der Waals surface area contributed by atoms with Gasteiger partial charge in [-0.2, -0.15) is 0 Å². The smallest absolute Gasteiger partial charge is 0.0106 e. The quantitative estimate of drug-likeness (QED) is 0.599. The van der Waals surface area contributed by atoms with Gasteiger partial charge in [0, 0.05) is 13.1 Å². The van der Waals surface area contributed by atoms with Crippen molar-refractivity contribution in [3.63, 3.8) is 0 Å². The average molecular weight is 228 g/mol. The van der Waals surface area contributed by atoms with Crippen LogP contribution >= 0.6 is 0 Å². The van der Waals surface area contributed by atoms with Gasteiger partial charge >= 0.3 is 0 Å². The third kappa shape index (κ3) is 10.4. The lowest BCUT2D eigenvalue weighted by atomic mass is 9.97. The first kappa shape index (κ1) is 15.9. The largest absolute Gasteiger partial charge is 0.308 e. The van der Waals surface area contributed by atoms with E-state index in [-0.39, 0.29) is 0 Å². The zero-order valence-corrected chi connectivity index (χ0v) is 12.3. The van der Waals surface area contributed by atoms with Crippen LogP contribution in [0.3, 0.4) is 0 Å². The molecule has 0 fully saturated rings. The molecule has 0 spiro atoms. The highest BCUT2D eigenvalue weighted by Gasteiger charge is 2.06. The summed E-state index contributed by atoms with van der Waals surface area (Å²) in [6.45, 7) is 10.6. The van der Waals surface area contributed by atoms with Crippen LogP contribution in [0.1, 0.15) is 40.0 Å². The van der Waals surface area contributed by atoms with E-state index in [2.05, 4.69) is 51.7 Å².